The van der Waals surface area contributed by atoms with E-state index < -0.39 is 0 Å². The van der Waals surface area contributed by atoms with E-state index in [1.807, 2.05) is 0 Å². The third kappa shape index (κ3) is 6.21. The molecule has 1 aliphatic carbocycles. The highest BCUT2D eigenvalue weighted by Gasteiger charge is 2.12. The molecule has 1 aromatic heterocycles. The van der Waals surface area contributed by atoms with E-state index in [2.05, 4.69) is 59.1 Å². The topological polar surface area (TPSA) is 8.81 Å². The lowest BCUT2D eigenvalue weighted by molar-refractivity contribution is -0.697. The fraction of sp³-hybridized carbons (Fsp3) is 0.650. The van der Waals surface area contributed by atoms with Gasteiger partial charge in [-0.1, -0.05) is 70.4 Å². The molecule has 0 saturated heterocycles. The Morgan fingerprint density at radius 1 is 0.818 bits per heavy atom. The molecule has 0 saturated carbocycles. The predicted octanol–water partition coefficient (Wildman–Crippen LogP) is 5.36. The van der Waals surface area contributed by atoms with Crippen molar-refractivity contribution in [2.45, 2.75) is 83.7 Å². The van der Waals surface area contributed by atoms with Crippen molar-refractivity contribution in [3.63, 3.8) is 0 Å². The maximum atomic E-state index is 2.32. The third-order valence-corrected chi connectivity index (χ3v) is 4.55. The summed E-state index contributed by atoms with van der Waals surface area (Å²) in [7, 11) is 0. The van der Waals surface area contributed by atoms with Crippen molar-refractivity contribution in [1.29, 1.82) is 0 Å². The molecule has 0 radical (unpaired) electrons. The molecule has 0 N–H and O–H groups in total. The van der Waals surface area contributed by atoms with Crippen molar-refractivity contribution in [3.8, 4) is 0 Å². The number of hydrogen-bond acceptors (Lipinski definition) is 0. The van der Waals surface area contributed by atoms with Crippen molar-refractivity contribution in [2.24, 2.45) is 0 Å². The van der Waals surface area contributed by atoms with Crippen LogP contribution in [0.1, 0.15) is 77.2 Å². The van der Waals surface area contributed by atoms with E-state index in [9.17, 15) is 0 Å². The standard InChI is InChI=1S/C20H33N2/c1-2-3-4-5-6-7-8-9-10-13-16-21-17-18-22(19-21)20-14-11-12-15-20/h11-12,14-15,17-20H,2-10,13,16H2,1H3/q+1. The fourth-order valence-corrected chi connectivity index (χ4v) is 3.12. The smallest absolute Gasteiger partial charge is 0.237 e. The van der Waals surface area contributed by atoms with E-state index >= 15 is 0 Å². The molecule has 1 aromatic rings. The first-order valence-corrected chi connectivity index (χ1v) is 9.31. The summed E-state index contributed by atoms with van der Waals surface area (Å²) in [4.78, 5) is 0. The lowest BCUT2D eigenvalue weighted by atomic mass is 10.1. The zero-order chi connectivity index (χ0) is 15.5. The summed E-state index contributed by atoms with van der Waals surface area (Å²) in [6.07, 6.45) is 29.4. The molecule has 22 heavy (non-hydrogen) atoms. The Kier molecular flexibility index (Phi) is 8.08. The summed E-state index contributed by atoms with van der Waals surface area (Å²) < 4.78 is 4.60. The Morgan fingerprint density at radius 3 is 2.05 bits per heavy atom. The lowest BCUT2D eigenvalue weighted by Crippen LogP contribution is -2.31. The summed E-state index contributed by atoms with van der Waals surface area (Å²) in [5, 5.41) is 0. The van der Waals surface area contributed by atoms with Crippen LogP contribution in [0.2, 0.25) is 0 Å². The van der Waals surface area contributed by atoms with Crippen LogP contribution in [0.3, 0.4) is 0 Å². The summed E-state index contributed by atoms with van der Waals surface area (Å²) in [5.41, 5.74) is 0. The molecule has 1 aliphatic rings. The largest absolute Gasteiger partial charge is 0.244 e. The number of aromatic nitrogens is 2. The molecule has 2 rings (SSSR count). The van der Waals surface area contributed by atoms with Crippen LogP contribution >= 0.6 is 0 Å². The number of unbranched alkanes of at least 4 members (excludes halogenated alkanes) is 9. The van der Waals surface area contributed by atoms with Gasteiger partial charge in [-0.15, -0.1) is 0 Å². The van der Waals surface area contributed by atoms with Gasteiger partial charge < -0.3 is 0 Å². The van der Waals surface area contributed by atoms with E-state index in [0.717, 1.165) is 6.54 Å². The minimum atomic E-state index is 0.425. The number of nitrogens with zero attached hydrogens (tertiary/aromatic N) is 2. The Morgan fingerprint density at radius 2 is 1.41 bits per heavy atom. The summed E-state index contributed by atoms with van der Waals surface area (Å²) in [6.45, 7) is 3.44. The maximum absolute atomic E-state index is 2.32. The Hall–Kier alpha value is -1.31. The second kappa shape index (κ2) is 10.4. The van der Waals surface area contributed by atoms with Gasteiger partial charge in [-0.2, -0.15) is 0 Å². The highest BCUT2D eigenvalue weighted by molar-refractivity contribution is 5.19. The molecule has 0 spiro atoms. The molecular formula is C20H33N2+. The predicted molar refractivity (Wildman–Crippen MR) is 93.8 cm³/mol. The Balaban J connectivity index is 1.47. The number of hydrogen-bond donors (Lipinski definition) is 0. The minimum Gasteiger partial charge on any atom is -0.237 e. The first-order valence-electron chi connectivity index (χ1n) is 9.31. The highest BCUT2D eigenvalue weighted by Crippen LogP contribution is 2.14. The van der Waals surface area contributed by atoms with Crippen molar-refractivity contribution in [2.75, 3.05) is 0 Å². The molecule has 0 aliphatic heterocycles. The van der Waals surface area contributed by atoms with Crippen molar-refractivity contribution < 1.29 is 4.57 Å². The quantitative estimate of drug-likeness (QED) is 0.363. The molecule has 0 bridgehead atoms. The normalized spacial score (nSPS) is 14.2. The first-order chi connectivity index (χ1) is 10.9. The first kappa shape index (κ1) is 17.1. The van der Waals surface area contributed by atoms with Gasteiger partial charge in [0.15, 0.2) is 0 Å². The fourth-order valence-electron chi connectivity index (χ4n) is 3.12. The van der Waals surface area contributed by atoms with E-state index in [4.69, 9.17) is 0 Å². The molecule has 0 amide bonds. The van der Waals surface area contributed by atoms with Gasteiger partial charge in [-0.05, 0) is 25.0 Å². The molecule has 122 valence electrons. The van der Waals surface area contributed by atoms with Gasteiger partial charge in [0.2, 0.25) is 6.33 Å². The Labute approximate surface area is 136 Å². The SMILES string of the molecule is CCCCCCCCCCCC[n+]1ccn(C2C=CC=C2)c1. The molecule has 2 nitrogen and oxygen atoms in total. The van der Waals surface area contributed by atoms with Crippen LogP contribution in [0.15, 0.2) is 43.0 Å². The molecule has 0 aromatic carbocycles. The molecular weight excluding hydrogens is 268 g/mol. The van der Waals surface area contributed by atoms with E-state index in [-0.39, 0.29) is 0 Å². The highest BCUT2D eigenvalue weighted by atomic mass is 15.1. The average Bonchev–Trinajstić information content (AvgIpc) is 3.19. The number of aryl methyl sites for hydroxylation is 1. The molecule has 0 atom stereocenters. The Bertz CT molecular complexity index is 444. The minimum absolute atomic E-state index is 0.425. The van der Waals surface area contributed by atoms with Crippen LogP contribution in [0.5, 0.6) is 0 Å². The van der Waals surface area contributed by atoms with E-state index in [0.29, 0.717) is 6.04 Å². The van der Waals surface area contributed by atoms with Gasteiger partial charge in [0.25, 0.3) is 0 Å². The van der Waals surface area contributed by atoms with Gasteiger partial charge in [0.1, 0.15) is 18.4 Å². The van der Waals surface area contributed by atoms with Gasteiger partial charge in [0, 0.05) is 0 Å². The van der Waals surface area contributed by atoms with Gasteiger partial charge in [-0.25, -0.2) is 9.13 Å². The van der Waals surface area contributed by atoms with Crippen LogP contribution in [0.25, 0.3) is 0 Å². The number of imidazole rings is 1. The van der Waals surface area contributed by atoms with Crippen LogP contribution in [-0.4, -0.2) is 4.57 Å². The summed E-state index contributed by atoms with van der Waals surface area (Å²) in [6, 6.07) is 0.425. The van der Waals surface area contributed by atoms with Gasteiger partial charge >= 0.3 is 0 Å². The van der Waals surface area contributed by atoms with Crippen LogP contribution in [-0.2, 0) is 6.54 Å². The zero-order valence-electron chi connectivity index (χ0n) is 14.3. The van der Waals surface area contributed by atoms with Crippen molar-refractivity contribution in [1.82, 2.24) is 4.57 Å². The van der Waals surface area contributed by atoms with E-state index in [1.165, 1.54) is 64.2 Å². The maximum Gasteiger partial charge on any atom is 0.244 e. The number of allylic oxidation sites excluding steroid dienone is 4. The zero-order valence-corrected chi connectivity index (χ0v) is 14.3. The summed E-state index contributed by atoms with van der Waals surface area (Å²) >= 11 is 0. The van der Waals surface area contributed by atoms with Crippen LogP contribution in [0, 0.1) is 0 Å². The van der Waals surface area contributed by atoms with Crippen LogP contribution in [0.4, 0.5) is 0 Å². The molecule has 1 heterocycles. The van der Waals surface area contributed by atoms with Crippen molar-refractivity contribution >= 4 is 0 Å². The van der Waals surface area contributed by atoms with E-state index in [1.54, 1.807) is 0 Å². The second-order valence-electron chi connectivity index (χ2n) is 6.54. The number of rotatable bonds is 12. The van der Waals surface area contributed by atoms with Crippen molar-refractivity contribution in [3.05, 3.63) is 43.0 Å². The summed E-state index contributed by atoms with van der Waals surface area (Å²) in [5.74, 6) is 0. The second-order valence-corrected chi connectivity index (χ2v) is 6.54. The lowest BCUT2D eigenvalue weighted by Gasteiger charge is -2.02. The molecule has 0 unspecified atom stereocenters. The van der Waals surface area contributed by atoms with Gasteiger partial charge in [0.05, 0.1) is 6.54 Å². The molecule has 2 heteroatoms. The molecule has 0 fully saturated rings. The monoisotopic (exact) mass is 301 g/mol. The third-order valence-electron chi connectivity index (χ3n) is 4.55. The van der Waals surface area contributed by atoms with Gasteiger partial charge in [-0.3, -0.25) is 0 Å². The van der Waals surface area contributed by atoms with Crippen LogP contribution < -0.4 is 4.57 Å². The average molecular weight is 301 g/mol.